The standard InChI is InChI=1S/C16H25NS/c1-11-5-6-13(18-11)10-17-14-9-12-7-8-16(14,4)15(12,2)3/h5-6,12,14,17H,7-10H2,1-4H3/t12-,14+,16-/m0/s1. The van der Waals surface area contributed by atoms with Crippen LogP contribution in [0.25, 0.3) is 0 Å². The summed E-state index contributed by atoms with van der Waals surface area (Å²) in [4.78, 5) is 2.91. The maximum atomic E-state index is 3.85. The normalized spacial score (nSPS) is 37.3. The van der Waals surface area contributed by atoms with Crippen LogP contribution in [0.5, 0.6) is 0 Å². The van der Waals surface area contributed by atoms with E-state index in [2.05, 4.69) is 45.1 Å². The van der Waals surface area contributed by atoms with Crippen molar-refractivity contribution in [2.75, 3.05) is 0 Å². The van der Waals surface area contributed by atoms with E-state index in [-0.39, 0.29) is 0 Å². The molecular weight excluding hydrogens is 238 g/mol. The molecule has 1 N–H and O–H groups in total. The molecule has 1 nitrogen and oxygen atoms in total. The van der Waals surface area contributed by atoms with Crippen LogP contribution in [0, 0.1) is 23.7 Å². The van der Waals surface area contributed by atoms with Gasteiger partial charge in [-0.2, -0.15) is 0 Å². The van der Waals surface area contributed by atoms with Crippen molar-refractivity contribution >= 4 is 11.3 Å². The Morgan fingerprint density at radius 3 is 2.61 bits per heavy atom. The van der Waals surface area contributed by atoms with Gasteiger partial charge in [0.2, 0.25) is 0 Å². The maximum absolute atomic E-state index is 3.85. The molecule has 0 aromatic carbocycles. The van der Waals surface area contributed by atoms with Gasteiger partial charge in [0, 0.05) is 22.3 Å². The lowest BCUT2D eigenvalue weighted by atomic mass is 9.69. The lowest BCUT2D eigenvalue weighted by Crippen LogP contribution is -2.44. The molecule has 2 heteroatoms. The van der Waals surface area contributed by atoms with Gasteiger partial charge >= 0.3 is 0 Å². The molecule has 0 spiro atoms. The van der Waals surface area contributed by atoms with Crippen LogP contribution in [0.15, 0.2) is 12.1 Å². The van der Waals surface area contributed by atoms with Gasteiger partial charge in [0.05, 0.1) is 0 Å². The van der Waals surface area contributed by atoms with Gasteiger partial charge in [-0.1, -0.05) is 20.8 Å². The second-order valence-electron chi connectivity index (χ2n) is 7.06. The summed E-state index contributed by atoms with van der Waals surface area (Å²) in [6.45, 7) is 10.7. The van der Waals surface area contributed by atoms with Crippen LogP contribution in [0.4, 0.5) is 0 Å². The predicted octanol–water partition coefficient (Wildman–Crippen LogP) is 4.36. The highest BCUT2D eigenvalue weighted by molar-refractivity contribution is 7.11. The number of hydrogen-bond donors (Lipinski definition) is 1. The first-order chi connectivity index (χ1) is 8.43. The Labute approximate surface area is 115 Å². The van der Waals surface area contributed by atoms with Crippen molar-refractivity contribution in [1.29, 1.82) is 0 Å². The smallest absolute Gasteiger partial charge is 0.0302 e. The summed E-state index contributed by atoms with van der Waals surface area (Å²) in [5.74, 6) is 0.935. The van der Waals surface area contributed by atoms with Gasteiger partial charge in [-0.05, 0) is 55.1 Å². The minimum atomic E-state index is 0.504. The van der Waals surface area contributed by atoms with Crippen LogP contribution in [-0.4, -0.2) is 6.04 Å². The zero-order valence-electron chi connectivity index (χ0n) is 12.0. The van der Waals surface area contributed by atoms with Gasteiger partial charge in [-0.15, -0.1) is 11.3 Å². The van der Waals surface area contributed by atoms with Crippen LogP contribution in [-0.2, 0) is 6.54 Å². The van der Waals surface area contributed by atoms with E-state index in [1.165, 1.54) is 29.0 Å². The van der Waals surface area contributed by atoms with Crippen molar-refractivity contribution in [1.82, 2.24) is 5.32 Å². The Hall–Kier alpha value is -0.340. The molecule has 3 atom stereocenters. The fraction of sp³-hybridized carbons (Fsp3) is 0.750. The van der Waals surface area contributed by atoms with E-state index in [1.54, 1.807) is 0 Å². The first-order valence-corrected chi connectivity index (χ1v) is 8.04. The van der Waals surface area contributed by atoms with Gasteiger partial charge in [0.1, 0.15) is 0 Å². The fourth-order valence-corrected chi connectivity index (χ4v) is 5.16. The summed E-state index contributed by atoms with van der Waals surface area (Å²) >= 11 is 1.93. The number of rotatable bonds is 3. The molecule has 1 heterocycles. The lowest BCUT2D eigenvalue weighted by molar-refractivity contribution is 0.120. The quantitative estimate of drug-likeness (QED) is 0.854. The molecule has 3 rings (SSSR count). The third kappa shape index (κ3) is 1.69. The third-order valence-electron chi connectivity index (χ3n) is 6.11. The van der Waals surface area contributed by atoms with Crippen LogP contribution < -0.4 is 5.32 Å². The summed E-state index contributed by atoms with van der Waals surface area (Å²) in [5, 5.41) is 3.85. The van der Waals surface area contributed by atoms with Crippen molar-refractivity contribution in [3.63, 3.8) is 0 Å². The Bertz CT molecular complexity index is 448. The molecule has 0 radical (unpaired) electrons. The van der Waals surface area contributed by atoms with Crippen LogP contribution >= 0.6 is 11.3 Å². The summed E-state index contributed by atoms with van der Waals surface area (Å²) in [6, 6.07) is 5.22. The molecule has 2 saturated carbocycles. The SMILES string of the molecule is Cc1ccc(CN[C@@H]2C[C@@H]3CC[C@]2(C)C3(C)C)s1. The highest BCUT2D eigenvalue weighted by Gasteiger charge is 2.60. The zero-order valence-corrected chi connectivity index (χ0v) is 12.9. The average molecular weight is 263 g/mol. The van der Waals surface area contributed by atoms with Crippen molar-refractivity contribution in [3.8, 4) is 0 Å². The Morgan fingerprint density at radius 1 is 1.33 bits per heavy atom. The maximum Gasteiger partial charge on any atom is 0.0302 e. The van der Waals surface area contributed by atoms with Crippen LogP contribution in [0.2, 0.25) is 0 Å². The molecule has 0 aliphatic heterocycles. The first-order valence-electron chi connectivity index (χ1n) is 7.22. The largest absolute Gasteiger partial charge is 0.309 e. The molecule has 2 bridgehead atoms. The number of fused-ring (bicyclic) bond motifs is 2. The lowest BCUT2D eigenvalue weighted by Gasteiger charge is -2.39. The molecule has 0 unspecified atom stereocenters. The van der Waals surface area contributed by atoms with Crippen LogP contribution in [0.3, 0.4) is 0 Å². The molecule has 100 valence electrons. The predicted molar refractivity (Wildman–Crippen MR) is 78.9 cm³/mol. The Morgan fingerprint density at radius 2 is 2.11 bits per heavy atom. The molecule has 2 aliphatic rings. The number of hydrogen-bond acceptors (Lipinski definition) is 2. The number of aryl methyl sites for hydroxylation is 1. The Kier molecular flexibility index (Phi) is 2.87. The van der Waals surface area contributed by atoms with Gasteiger partial charge in [0.25, 0.3) is 0 Å². The average Bonchev–Trinajstić information content (AvgIpc) is 2.87. The topological polar surface area (TPSA) is 12.0 Å². The highest BCUT2D eigenvalue weighted by atomic mass is 32.1. The summed E-state index contributed by atoms with van der Waals surface area (Å²) < 4.78 is 0. The highest BCUT2D eigenvalue weighted by Crippen LogP contribution is 2.65. The summed E-state index contributed by atoms with van der Waals surface area (Å²) in [7, 11) is 0. The van der Waals surface area contributed by atoms with E-state index >= 15 is 0 Å². The fourth-order valence-electron chi connectivity index (χ4n) is 4.32. The molecule has 2 fully saturated rings. The minimum Gasteiger partial charge on any atom is -0.309 e. The van der Waals surface area contributed by atoms with Crippen LogP contribution in [0.1, 0.15) is 49.8 Å². The molecule has 0 saturated heterocycles. The third-order valence-corrected chi connectivity index (χ3v) is 7.11. The van der Waals surface area contributed by atoms with Gasteiger partial charge in [-0.3, -0.25) is 0 Å². The summed E-state index contributed by atoms with van der Waals surface area (Å²) in [6.07, 6.45) is 4.24. The van der Waals surface area contributed by atoms with Crippen molar-refractivity contribution < 1.29 is 0 Å². The Balaban J connectivity index is 1.69. The van der Waals surface area contributed by atoms with Crippen molar-refractivity contribution in [3.05, 3.63) is 21.9 Å². The minimum absolute atomic E-state index is 0.504. The summed E-state index contributed by atoms with van der Waals surface area (Å²) in [5.41, 5.74) is 1.03. The monoisotopic (exact) mass is 263 g/mol. The molecular formula is C16H25NS. The van der Waals surface area contributed by atoms with Gasteiger partial charge in [-0.25, -0.2) is 0 Å². The number of thiophene rings is 1. The van der Waals surface area contributed by atoms with E-state index in [0.717, 1.165) is 12.5 Å². The van der Waals surface area contributed by atoms with E-state index in [0.29, 0.717) is 16.9 Å². The molecule has 0 amide bonds. The first kappa shape index (κ1) is 12.7. The van der Waals surface area contributed by atoms with Crippen molar-refractivity contribution in [2.45, 2.75) is 59.5 Å². The molecule has 18 heavy (non-hydrogen) atoms. The van der Waals surface area contributed by atoms with Crippen molar-refractivity contribution in [2.24, 2.45) is 16.7 Å². The molecule has 1 aromatic heterocycles. The van der Waals surface area contributed by atoms with E-state index in [9.17, 15) is 0 Å². The van der Waals surface area contributed by atoms with E-state index < -0.39 is 0 Å². The number of nitrogens with one attached hydrogen (secondary N) is 1. The van der Waals surface area contributed by atoms with E-state index in [4.69, 9.17) is 0 Å². The second-order valence-corrected chi connectivity index (χ2v) is 8.43. The van der Waals surface area contributed by atoms with Gasteiger partial charge in [0.15, 0.2) is 0 Å². The van der Waals surface area contributed by atoms with E-state index in [1.807, 2.05) is 11.3 Å². The van der Waals surface area contributed by atoms with Gasteiger partial charge < -0.3 is 5.32 Å². The molecule has 1 aromatic rings. The second kappa shape index (κ2) is 4.08. The molecule has 2 aliphatic carbocycles. The zero-order chi connectivity index (χ0) is 13.0.